The van der Waals surface area contributed by atoms with Gasteiger partial charge in [-0.3, -0.25) is 9.59 Å². The van der Waals surface area contributed by atoms with Crippen molar-refractivity contribution in [1.82, 2.24) is 20.2 Å². The van der Waals surface area contributed by atoms with Crippen molar-refractivity contribution >= 4 is 18.0 Å². The first-order chi connectivity index (χ1) is 16.0. The van der Waals surface area contributed by atoms with E-state index in [1.165, 1.54) is 19.2 Å². The predicted octanol–water partition coefficient (Wildman–Crippen LogP) is 2.22. The monoisotopic (exact) mass is 455 g/mol. The summed E-state index contributed by atoms with van der Waals surface area (Å²) in [4.78, 5) is 39.8. The highest BCUT2D eigenvalue weighted by molar-refractivity contribution is 6.01. The minimum absolute atomic E-state index is 0.0604. The number of hydrogen-bond donors (Lipinski definition) is 1. The molecule has 0 aliphatic carbocycles. The summed E-state index contributed by atoms with van der Waals surface area (Å²) in [5.41, 5.74) is 2.16. The molecule has 1 saturated heterocycles. The number of halogens is 1. The van der Waals surface area contributed by atoms with Gasteiger partial charge in [0.1, 0.15) is 23.3 Å². The smallest absolute Gasteiger partial charge is 0.270 e. The number of carbonyl (C=O) groups excluding carboxylic acids is 2. The van der Waals surface area contributed by atoms with Crippen LogP contribution in [0, 0.1) is 18.7 Å². The lowest BCUT2D eigenvalue weighted by Gasteiger charge is -2.31. The fraction of sp³-hybridized carbons (Fsp3) is 0.435. The number of amides is 2. The lowest BCUT2D eigenvalue weighted by molar-refractivity contribution is -0.120. The molecular weight excluding hydrogens is 429 g/mol. The maximum atomic E-state index is 13.6. The normalized spacial score (nSPS) is 18.5. The van der Waals surface area contributed by atoms with E-state index in [0.29, 0.717) is 35.1 Å². The van der Waals surface area contributed by atoms with Gasteiger partial charge in [-0.25, -0.2) is 14.4 Å². The molecule has 1 N–H and O–H groups in total. The topological polar surface area (TPSA) is 106 Å². The summed E-state index contributed by atoms with van der Waals surface area (Å²) < 4.78 is 18.6. The summed E-state index contributed by atoms with van der Waals surface area (Å²) in [6, 6.07) is 6.02. The zero-order chi connectivity index (χ0) is 23.4. The fourth-order valence-electron chi connectivity index (χ4n) is 4.12. The number of nitrogens with zero attached hydrogens (tertiary/aromatic N) is 4. The first-order valence-electron chi connectivity index (χ1n) is 10.9. The minimum atomic E-state index is -0.462. The van der Waals surface area contributed by atoms with Gasteiger partial charge in [-0.05, 0) is 43.5 Å². The van der Waals surface area contributed by atoms with Gasteiger partial charge in [-0.15, -0.1) is 0 Å². The van der Waals surface area contributed by atoms with Crippen LogP contribution in [0.2, 0.25) is 0 Å². The molecule has 9 nitrogen and oxygen atoms in total. The van der Waals surface area contributed by atoms with Crippen LogP contribution in [0.4, 0.5) is 4.39 Å². The summed E-state index contributed by atoms with van der Waals surface area (Å²) in [7, 11) is 1.39. The van der Waals surface area contributed by atoms with E-state index in [-0.39, 0.29) is 30.0 Å². The van der Waals surface area contributed by atoms with Crippen molar-refractivity contribution in [3.8, 4) is 5.75 Å². The van der Waals surface area contributed by atoms with Crippen LogP contribution in [0.25, 0.3) is 0 Å². The third-order valence-electron chi connectivity index (χ3n) is 5.98. The molecule has 2 amide bonds. The molecule has 1 aromatic heterocycles. The van der Waals surface area contributed by atoms with E-state index < -0.39 is 5.82 Å². The lowest BCUT2D eigenvalue weighted by Crippen LogP contribution is -2.37. The number of nitrogens with one attached hydrogen (secondary N) is 1. The average Bonchev–Trinajstić information content (AvgIpc) is 3.33. The number of piperidine rings is 1. The van der Waals surface area contributed by atoms with Crippen LogP contribution in [-0.4, -0.2) is 59.2 Å². The Hall–Kier alpha value is -3.56. The fourth-order valence-corrected chi connectivity index (χ4v) is 4.12. The van der Waals surface area contributed by atoms with E-state index in [4.69, 9.17) is 9.57 Å². The number of aromatic nitrogens is 2. The van der Waals surface area contributed by atoms with Gasteiger partial charge in [0.2, 0.25) is 6.41 Å². The van der Waals surface area contributed by atoms with Crippen LogP contribution in [0.15, 0.2) is 29.4 Å². The van der Waals surface area contributed by atoms with Gasteiger partial charge >= 0.3 is 0 Å². The Bertz CT molecular complexity index is 1070. The summed E-state index contributed by atoms with van der Waals surface area (Å²) in [5, 5.41) is 7.02. The van der Waals surface area contributed by atoms with Crippen molar-refractivity contribution in [3.63, 3.8) is 0 Å². The van der Waals surface area contributed by atoms with E-state index in [1.807, 2.05) is 0 Å². The molecule has 0 spiro atoms. The standard InChI is InChI=1S/C23H26FN5O4/c1-14-26-18(19-11-21(33-28-19)16-5-7-29(13-30)8-6-16)10-20(27-14)23(31)25-12-15-3-4-17(24)22(9-15)32-2/h3-4,9-10,13,16,21H,5-8,11-12H2,1-2H3,(H,25,31). The molecule has 4 rings (SSSR count). The Morgan fingerprint density at radius 1 is 1.30 bits per heavy atom. The number of carbonyl (C=O) groups is 2. The highest BCUT2D eigenvalue weighted by atomic mass is 19.1. The Morgan fingerprint density at radius 3 is 2.82 bits per heavy atom. The molecule has 10 heteroatoms. The van der Waals surface area contributed by atoms with Gasteiger partial charge in [-0.2, -0.15) is 0 Å². The maximum Gasteiger partial charge on any atom is 0.270 e. The number of benzene rings is 1. The summed E-state index contributed by atoms with van der Waals surface area (Å²) >= 11 is 0. The van der Waals surface area contributed by atoms with Crippen LogP contribution < -0.4 is 10.1 Å². The first kappa shape index (κ1) is 22.6. The minimum Gasteiger partial charge on any atom is -0.494 e. The molecule has 174 valence electrons. The molecule has 2 aliphatic rings. The molecule has 33 heavy (non-hydrogen) atoms. The Kier molecular flexibility index (Phi) is 6.81. The van der Waals surface area contributed by atoms with Crippen LogP contribution in [0.1, 0.15) is 46.8 Å². The van der Waals surface area contributed by atoms with Gasteiger partial charge < -0.3 is 19.8 Å². The van der Waals surface area contributed by atoms with E-state index >= 15 is 0 Å². The highest BCUT2D eigenvalue weighted by Crippen LogP contribution is 2.29. The molecule has 1 aromatic carbocycles. The van der Waals surface area contributed by atoms with E-state index in [0.717, 1.165) is 32.3 Å². The second kappa shape index (κ2) is 9.93. The summed E-state index contributed by atoms with van der Waals surface area (Å²) in [6.45, 7) is 3.36. The first-order valence-corrected chi connectivity index (χ1v) is 10.9. The second-order valence-corrected chi connectivity index (χ2v) is 8.20. The molecule has 0 saturated carbocycles. The number of methoxy groups -OCH3 is 1. The quantitative estimate of drug-likeness (QED) is 0.642. The number of aryl methyl sites for hydroxylation is 1. The molecule has 0 radical (unpaired) electrons. The summed E-state index contributed by atoms with van der Waals surface area (Å²) in [5.74, 6) is 0.0538. The largest absolute Gasteiger partial charge is 0.494 e. The Morgan fingerprint density at radius 2 is 2.09 bits per heavy atom. The van der Waals surface area contributed by atoms with Crippen molar-refractivity contribution < 1.29 is 23.6 Å². The second-order valence-electron chi connectivity index (χ2n) is 8.20. The molecule has 0 bridgehead atoms. The third-order valence-corrected chi connectivity index (χ3v) is 5.98. The number of ether oxygens (including phenoxy) is 1. The van der Waals surface area contributed by atoms with Crippen LogP contribution in [0.3, 0.4) is 0 Å². The third kappa shape index (κ3) is 5.27. The molecular formula is C23H26FN5O4. The van der Waals surface area contributed by atoms with Crippen molar-refractivity contribution in [2.45, 2.75) is 38.8 Å². The number of likely N-dealkylation sites (tertiary alicyclic amines) is 1. The van der Waals surface area contributed by atoms with Crippen molar-refractivity contribution in [2.75, 3.05) is 20.2 Å². The van der Waals surface area contributed by atoms with E-state index in [1.54, 1.807) is 24.0 Å². The highest BCUT2D eigenvalue weighted by Gasteiger charge is 2.33. The van der Waals surface area contributed by atoms with Crippen molar-refractivity contribution in [1.29, 1.82) is 0 Å². The van der Waals surface area contributed by atoms with E-state index in [9.17, 15) is 14.0 Å². The predicted molar refractivity (Wildman–Crippen MR) is 117 cm³/mol. The van der Waals surface area contributed by atoms with Gasteiger partial charge in [0.25, 0.3) is 5.91 Å². The van der Waals surface area contributed by atoms with E-state index in [2.05, 4.69) is 20.4 Å². The zero-order valence-electron chi connectivity index (χ0n) is 18.6. The average molecular weight is 455 g/mol. The number of hydrogen-bond acceptors (Lipinski definition) is 7. The molecule has 1 unspecified atom stereocenters. The molecule has 1 atom stereocenters. The molecule has 2 aliphatic heterocycles. The number of oxime groups is 1. The van der Waals surface area contributed by atoms with Crippen LogP contribution in [-0.2, 0) is 16.2 Å². The van der Waals surface area contributed by atoms with Gasteiger partial charge in [0.05, 0.1) is 12.8 Å². The maximum absolute atomic E-state index is 13.6. The Labute approximate surface area is 191 Å². The Balaban J connectivity index is 1.39. The van der Waals surface area contributed by atoms with Gasteiger partial charge in [-0.1, -0.05) is 11.2 Å². The lowest BCUT2D eigenvalue weighted by atomic mass is 9.88. The summed E-state index contributed by atoms with van der Waals surface area (Å²) in [6.07, 6.45) is 3.16. The zero-order valence-corrected chi connectivity index (χ0v) is 18.6. The SMILES string of the molecule is COc1cc(CNC(=O)c2cc(C3=NOC(C4CCN(C=O)CC4)C3)nc(C)n2)ccc1F. The van der Waals surface area contributed by atoms with Gasteiger partial charge in [0, 0.05) is 32.0 Å². The van der Waals surface area contributed by atoms with Crippen molar-refractivity contribution in [2.24, 2.45) is 11.1 Å². The number of rotatable bonds is 7. The molecule has 3 heterocycles. The molecule has 2 aromatic rings. The van der Waals surface area contributed by atoms with Crippen LogP contribution >= 0.6 is 0 Å². The van der Waals surface area contributed by atoms with Crippen LogP contribution in [0.5, 0.6) is 5.75 Å². The van der Waals surface area contributed by atoms with Crippen molar-refractivity contribution in [3.05, 3.63) is 52.9 Å². The van der Waals surface area contributed by atoms with Gasteiger partial charge in [0.15, 0.2) is 11.6 Å². The molecule has 1 fully saturated rings.